The normalized spacial score (nSPS) is 12.7. The Balaban J connectivity index is 1.19. The van der Waals surface area contributed by atoms with Gasteiger partial charge in [-0.25, -0.2) is 0 Å². The van der Waals surface area contributed by atoms with Crippen molar-refractivity contribution < 1.29 is 9.47 Å². The number of fused-ring (bicyclic) bond motifs is 6. The Morgan fingerprint density at radius 3 is 1.35 bits per heavy atom. The van der Waals surface area contributed by atoms with Gasteiger partial charge in [0.2, 0.25) is 0 Å². The van der Waals surface area contributed by atoms with E-state index in [0.29, 0.717) is 0 Å². The van der Waals surface area contributed by atoms with Crippen LogP contribution in [0.4, 0.5) is 0 Å². The largest absolute Gasteiger partial charge is 0.458 e. The predicted molar refractivity (Wildman–Crippen MR) is 240 cm³/mol. The zero-order chi connectivity index (χ0) is 38.3. The second-order valence-electron chi connectivity index (χ2n) is 16.4. The Labute approximate surface area is 334 Å². The van der Waals surface area contributed by atoms with Crippen LogP contribution in [0.5, 0.6) is 23.0 Å². The van der Waals surface area contributed by atoms with Crippen LogP contribution >= 0.6 is 0 Å². The van der Waals surface area contributed by atoms with Gasteiger partial charge in [-0.2, -0.15) is 0 Å². The third-order valence-electron chi connectivity index (χ3n) is 11.9. The Kier molecular flexibility index (Phi) is 7.56. The van der Waals surface area contributed by atoms with E-state index in [1.165, 1.54) is 49.4 Å². The Bertz CT molecular complexity index is 2940. The molecule has 0 N–H and O–H groups in total. The van der Waals surface area contributed by atoms with Crippen LogP contribution < -0.4 is 25.9 Å². The summed E-state index contributed by atoms with van der Waals surface area (Å²) in [5.74, 6) is 3.45. The molecule has 9 aromatic rings. The van der Waals surface area contributed by atoms with Gasteiger partial charge in [0.25, 0.3) is 6.71 Å². The lowest BCUT2D eigenvalue weighted by molar-refractivity contribution is 0.465. The first-order chi connectivity index (χ1) is 27.9. The van der Waals surface area contributed by atoms with Crippen LogP contribution in [0.3, 0.4) is 0 Å². The van der Waals surface area contributed by atoms with Crippen molar-refractivity contribution >= 4 is 44.6 Å². The van der Waals surface area contributed by atoms with Crippen molar-refractivity contribution in [2.75, 3.05) is 0 Å². The number of hydrogen-bond acceptors (Lipinski definition) is 2. The van der Waals surface area contributed by atoms with Crippen molar-refractivity contribution in [3.05, 3.63) is 188 Å². The van der Waals surface area contributed by atoms with E-state index in [-0.39, 0.29) is 12.1 Å². The summed E-state index contributed by atoms with van der Waals surface area (Å²) in [5.41, 5.74) is 14.1. The van der Waals surface area contributed by atoms with Gasteiger partial charge in [-0.1, -0.05) is 160 Å². The van der Waals surface area contributed by atoms with Crippen LogP contribution in [0.1, 0.15) is 26.3 Å². The molecule has 0 radical (unpaired) electrons. The van der Waals surface area contributed by atoms with E-state index in [2.05, 4.69) is 203 Å². The van der Waals surface area contributed by atoms with Crippen LogP contribution in [-0.2, 0) is 5.41 Å². The molecule has 11 rings (SSSR count). The minimum atomic E-state index is 0.00901. The molecule has 2 heterocycles. The topological polar surface area (TPSA) is 18.5 Å². The van der Waals surface area contributed by atoms with Crippen molar-refractivity contribution in [1.82, 2.24) is 0 Å². The van der Waals surface area contributed by atoms with Crippen molar-refractivity contribution in [2.45, 2.75) is 26.2 Å². The molecule has 3 heteroatoms. The lowest BCUT2D eigenvalue weighted by atomic mass is 9.35. The molecule has 0 aliphatic carbocycles. The maximum atomic E-state index is 6.77. The summed E-state index contributed by atoms with van der Waals surface area (Å²) < 4.78 is 13.5. The SMILES string of the molecule is CC(C)(C)c1cccc(-c2cc(-c3cc4c5c(c3)Oc3ccccc3B5c3ccccc3O4)cc(-c3c4ccccc4c(-c4ccccc4)c4ccccc34)c2)c1. The first-order valence-corrected chi connectivity index (χ1v) is 19.9. The molecular weight excluding hydrogens is 691 g/mol. The van der Waals surface area contributed by atoms with Gasteiger partial charge in [0, 0.05) is 5.46 Å². The van der Waals surface area contributed by atoms with Gasteiger partial charge >= 0.3 is 0 Å². The predicted octanol–water partition coefficient (Wildman–Crippen LogP) is 12.7. The second kappa shape index (κ2) is 12.9. The minimum Gasteiger partial charge on any atom is -0.458 e. The highest BCUT2D eigenvalue weighted by Gasteiger charge is 2.40. The maximum Gasteiger partial charge on any atom is 0.260 e. The lowest BCUT2D eigenvalue weighted by Gasteiger charge is -2.33. The zero-order valence-corrected chi connectivity index (χ0v) is 32.2. The lowest BCUT2D eigenvalue weighted by Crippen LogP contribution is -2.57. The highest BCUT2D eigenvalue weighted by atomic mass is 16.5. The van der Waals surface area contributed by atoms with E-state index >= 15 is 0 Å². The molecule has 2 aliphatic heterocycles. The summed E-state index contributed by atoms with van der Waals surface area (Å²) in [5, 5.41) is 4.93. The molecule has 0 atom stereocenters. The average Bonchev–Trinajstić information content (AvgIpc) is 3.25. The molecule has 0 saturated carbocycles. The van der Waals surface area contributed by atoms with Crippen LogP contribution in [0.2, 0.25) is 0 Å². The first kappa shape index (κ1) is 33.5. The van der Waals surface area contributed by atoms with Crippen molar-refractivity contribution in [3.8, 4) is 67.5 Å². The number of rotatable bonds is 4. The molecule has 0 saturated heterocycles. The molecule has 0 unspecified atom stereocenters. The van der Waals surface area contributed by atoms with Gasteiger partial charge in [0.05, 0.1) is 0 Å². The number of para-hydroxylation sites is 2. The van der Waals surface area contributed by atoms with Gasteiger partial charge < -0.3 is 9.47 Å². The van der Waals surface area contributed by atoms with Crippen molar-refractivity contribution in [1.29, 1.82) is 0 Å². The van der Waals surface area contributed by atoms with E-state index in [4.69, 9.17) is 9.47 Å². The van der Waals surface area contributed by atoms with Crippen LogP contribution in [-0.4, -0.2) is 6.71 Å². The molecule has 0 spiro atoms. The average molecular weight is 731 g/mol. The van der Waals surface area contributed by atoms with E-state index in [0.717, 1.165) is 61.6 Å². The second-order valence-corrected chi connectivity index (χ2v) is 16.4. The molecule has 9 aromatic carbocycles. The number of hydrogen-bond donors (Lipinski definition) is 0. The molecule has 270 valence electrons. The third kappa shape index (κ3) is 5.49. The molecule has 0 bridgehead atoms. The van der Waals surface area contributed by atoms with Gasteiger partial charge in [-0.15, -0.1) is 0 Å². The molecule has 2 nitrogen and oxygen atoms in total. The van der Waals surface area contributed by atoms with Crippen molar-refractivity contribution in [2.24, 2.45) is 0 Å². The summed E-state index contributed by atoms with van der Waals surface area (Å²) in [6, 6.07) is 66.0. The van der Waals surface area contributed by atoms with Crippen LogP contribution in [0.15, 0.2) is 182 Å². The fourth-order valence-corrected chi connectivity index (χ4v) is 9.19. The van der Waals surface area contributed by atoms with E-state index < -0.39 is 0 Å². The summed E-state index contributed by atoms with van der Waals surface area (Å²) in [4.78, 5) is 0. The van der Waals surface area contributed by atoms with Crippen molar-refractivity contribution in [3.63, 3.8) is 0 Å². The zero-order valence-electron chi connectivity index (χ0n) is 32.2. The molecule has 0 amide bonds. The number of ether oxygens (including phenoxy) is 2. The Hall–Kier alpha value is -6.84. The van der Waals surface area contributed by atoms with Crippen LogP contribution in [0.25, 0.3) is 66.1 Å². The van der Waals surface area contributed by atoms with Gasteiger partial charge in [-0.3, -0.25) is 0 Å². The monoisotopic (exact) mass is 730 g/mol. The highest BCUT2D eigenvalue weighted by Crippen LogP contribution is 2.46. The summed E-state index contributed by atoms with van der Waals surface area (Å²) in [6.45, 7) is 6.87. The smallest absolute Gasteiger partial charge is 0.260 e. The molecule has 0 fully saturated rings. The Morgan fingerprint density at radius 1 is 0.351 bits per heavy atom. The van der Waals surface area contributed by atoms with E-state index in [9.17, 15) is 0 Å². The minimum absolute atomic E-state index is 0.00901. The maximum absolute atomic E-state index is 6.77. The standard InChI is InChI=1S/C54H39BO2/c1-54(2,3)40-19-15-18-35(31-40)36-28-37(38-32-49-53-50(33-38)57-48-27-14-12-25-46(48)55(53)45-24-11-13-26-47(45)56-49)30-39(29-36)52-43-22-9-7-20-41(43)51(34-16-5-4-6-17-34)42-21-8-10-23-44(42)52/h4-33H,1-3H3. The molecular formula is C54H39BO2. The quantitative estimate of drug-likeness (QED) is 0.133. The first-order valence-electron chi connectivity index (χ1n) is 19.9. The Morgan fingerprint density at radius 2 is 0.789 bits per heavy atom. The number of benzene rings is 9. The van der Waals surface area contributed by atoms with Gasteiger partial charge in [-0.05, 0) is 130 Å². The fourth-order valence-electron chi connectivity index (χ4n) is 9.19. The highest BCUT2D eigenvalue weighted by molar-refractivity contribution is 6.98. The third-order valence-corrected chi connectivity index (χ3v) is 11.9. The summed E-state index contributed by atoms with van der Waals surface area (Å²) >= 11 is 0. The van der Waals surface area contributed by atoms with Gasteiger partial charge in [0.1, 0.15) is 23.0 Å². The summed E-state index contributed by atoms with van der Waals surface area (Å²) in [7, 11) is 0. The molecule has 57 heavy (non-hydrogen) atoms. The summed E-state index contributed by atoms with van der Waals surface area (Å²) in [6.07, 6.45) is 0. The molecule has 0 aromatic heterocycles. The van der Waals surface area contributed by atoms with E-state index in [1.807, 2.05) is 0 Å². The van der Waals surface area contributed by atoms with Crippen LogP contribution in [0, 0.1) is 0 Å². The van der Waals surface area contributed by atoms with Gasteiger partial charge in [0.15, 0.2) is 0 Å². The van der Waals surface area contributed by atoms with E-state index in [1.54, 1.807) is 0 Å². The molecule has 2 aliphatic rings. The fraction of sp³-hybridized carbons (Fsp3) is 0.0741.